The Labute approximate surface area is 146 Å². The van der Waals surface area contributed by atoms with Crippen LogP contribution in [0.15, 0.2) is 48.5 Å². The van der Waals surface area contributed by atoms with Gasteiger partial charge in [0.1, 0.15) is 5.01 Å². The van der Waals surface area contributed by atoms with Gasteiger partial charge in [-0.05, 0) is 35.9 Å². The fourth-order valence-electron chi connectivity index (χ4n) is 2.01. The van der Waals surface area contributed by atoms with Gasteiger partial charge in [-0.2, -0.15) is 0 Å². The zero-order valence-corrected chi connectivity index (χ0v) is 15.1. The van der Waals surface area contributed by atoms with Crippen molar-refractivity contribution in [3.63, 3.8) is 0 Å². The van der Waals surface area contributed by atoms with Crippen LogP contribution in [0, 0.1) is 0 Å². The molecule has 4 heteroatoms. The van der Waals surface area contributed by atoms with Crippen LogP contribution < -0.4 is 4.90 Å². The highest BCUT2D eigenvalue weighted by Gasteiger charge is 1.99. The quantitative estimate of drug-likeness (QED) is 0.558. The van der Waals surface area contributed by atoms with E-state index in [1.54, 1.807) is 11.3 Å². The molecule has 0 unspecified atom stereocenters. The molecule has 21 heavy (non-hydrogen) atoms. The molecule has 108 valence electrons. The number of benzene rings is 2. The lowest BCUT2D eigenvalue weighted by Crippen LogP contribution is -2.07. The van der Waals surface area contributed by atoms with E-state index in [2.05, 4.69) is 58.4 Å². The zero-order valence-electron chi connectivity index (χ0n) is 12.0. The lowest BCUT2D eigenvalue weighted by atomic mass is 10.2. The average Bonchev–Trinajstić information content (AvgIpc) is 2.88. The number of para-hydroxylation sites is 1. The Balaban J connectivity index is 0.00000161. The van der Waals surface area contributed by atoms with Gasteiger partial charge in [-0.1, -0.05) is 30.3 Å². The number of thiazole rings is 1. The maximum Gasteiger partial charge on any atom is 0.117 e. The van der Waals surface area contributed by atoms with Crippen LogP contribution in [-0.4, -0.2) is 19.1 Å². The first-order valence-corrected chi connectivity index (χ1v) is 7.35. The van der Waals surface area contributed by atoms with E-state index in [4.69, 9.17) is 0 Å². The third-order valence-corrected chi connectivity index (χ3v) is 4.14. The summed E-state index contributed by atoms with van der Waals surface area (Å²) in [4.78, 5) is 6.70. The molecule has 0 fully saturated rings. The van der Waals surface area contributed by atoms with Crippen molar-refractivity contribution < 1.29 is 0 Å². The lowest BCUT2D eigenvalue weighted by molar-refractivity contribution is 1.13. The van der Waals surface area contributed by atoms with Gasteiger partial charge in [0.05, 0.1) is 10.2 Å². The Hall–Kier alpha value is -1.40. The van der Waals surface area contributed by atoms with Gasteiger partial charge in [-0.25, -0.2) is 4.98 Å². The summed E-state index contributed by atoms with van der Waals surface area (Å²) in [5.74, 6) is 0. The second-order valence-corrected chi connectivity index (χ2v) is 5.90. The normalized spacial score (nSPS) is 10.8. The summed E-state index contributed by atoms with van der Waals surface area (Å²) >= 11 is 1.72. The largest absolute Gasteiger partial charge is 0.378 e. The van der Waals surface area contributed by atoms with Crippen LogP contribution in [0.5, 0.6) is 0 Å². The first-order valence-electron chi connectivity index (χ1n) is 6.53. The average molecular weight is 408 g/mol. The molecule has 0 atom stereocenters. The van der Waals surface area contributed by atoms with E-state index in [0.29, 0.717) is 0 Å². The molecule has 0 N–H and O–H groups in total. The van der Waals surface area contributed by atoms with Crippen molar-refractivity contribution in [1.29, 1.82) is 0 Å². The summed E-state index contributed by atoms with van der Waals surface area (Å²) < 4.78 is 1.23. The van der Waals surface area contributed by atoms with Crippen molar-refractivity contribution in [1.82, 2.24) is 4.98 Å². The van der Waals surface area contributed by atoms with Gasteiger partial charge in [0.25, 0.3) is 0 Å². The van der Waals surface area contributed by atoms with Gasteiger partial charge in [-0.3, -0.25) is 0 Å². The Morgan fingerprint density at radius 2 is 1.67 bits per heavy atom. The van der Waals surface area contributed by atoms with E-state index in [9.17, 15) is 0 Å². The molecular formula is C17H17IN2S. The molecule has 1 aromatic heterocycles. The summed E-state index contributed by atoms with van der Waals surface area (Å²) in [6, 6.07) is 16.7. The Bertz CT molecular complexity index is 712. The van der Waals surface area contributed by atoms with E-state index in [1.807, 2.05) is 26.2 Å². The Kier molecular flexibility index (Phi) is 5.36. The van der Waals surface area contributed by atoms with Gasteiger partial charge in [0.2, 0.25) is 0 Å². The molecule has 0 radical (unpaired) electrons. The molecule has 0 amide bonds. The second-order valence-electron chi connectivity index (χ2n) is 4.84. The third-order valence-electron chi connectivity index (χ3n) is 3.14. The van der Waals surface area contributed by atoms with Crippen LogP contribution in [0.2, 0.25) is 0 Å². The molecule has 3 aromatic rings. The molecule has 1 heterocycles. The summed E-state index contributed by atoms with van der Waals surface area (Å²) in [6.45, 7) is 0. The molecule has 0 saturated heterocycles. The van der Waals surface area contributed by atoms with E-state index >= 15 is 0 Å². The van der Waals surface area contributed by atoms with Crippen LogP contribution in [0.4, 0.5) is 5.69 Å². The number of hydrogen-bond acceptors (Lipinski definition) is 3. The Morgan fingerprint density at radius 3 is 2.33 bits per heavy atom. The number of halogens is 1. The second kappa shape index (κ2) is 7.04. The van der Waals surface area contributed by atoms with Crippen LogP contribution in [-0.2, 0) is 0 Å². The lowest BCUT2D eigenvalue weighted by Gasteiger charge is -2.11. The fraction of sp³-hybridized carbons (Fsp3) is 0.118. The number of nitrogens with zero attached hydrogens (tertiary/aromatic N) is 2. The SMILES string of the molecule is CN(C)c1ccc(/C=C/c2nc3ccccc3s2)cc1.I. The smallest absolute Gasteiger partial charge is 0.117 e. The summed E-state index contributed by atoms with van der Waals surface area (Å²) in [5, 5.41) is 1.04. The number of anilines is 1. The highest BCUT2D eigenvalue weighted by atomic mass is 127. The predicted octanol–water partition coefficient (Wildman–Crippen LogP) is 5.15. The molecule has 0 aliphatic rings. The minimum atomic E-state index is 0. The first-order chi connectivity index (χ1) is 9.72. The van der Waals surface area contributed by atoms with Gasteiger partial charge in [0, 0.05) is 19.8 Å². The zero-order chi connectivity index (χ0) is 13.9. The highest BCUT2D eigenvalue weighted by Crippen LogP contribution is 2.23. The van der Waals surface area contributed by atoms with E-state index in [1.165, 1.54) is 16.0 Å². The third kappa shape index (κ3) is 3.83. The topological polar surface area (TPSA) is 16.1 Å². The minimum Gasteiger partial charge on any atom is -0.378 e. The van der Waals surface area contributed by atoms with Crippen LogP contribution in [0.25, 0.3) is 22.4 Å². The van der Waals surface area contributed by atoms with E-state index < -0.39 is 0 Å². The first kappa shape index (κ1) is 16.0. The maximum atomic E-state index is 4.60. The minimum absolute atomic E-state index is 0. The number of rotatable bonds is 3. The molecule has 0 saturated carbocycles. The predicted molar refractivity (Wildman–Crippen MR) is 105 cm³/mol. The van der Waals surface area contributed by atoms with Crippen LogP contribution in [0.3, 0.4) is 0 Å². The maximum absolute atomic E-state index is 4.60. The standard InChI is InChI=1S/C17H16N2S.HI/c1-19(2)14-10-7-13(8-11-14)9-12-17-18-15-5-3-4-6-16(15)20-17;/h3-12H,1-2H3;1H/b12-9+;. The van der Waals surface area contributed by atoms with Crippen molar-refractivity contribution in [3.8, 4) is 0 Å². The van der Waals surface area contributed by atoms with E-state index in [-0.39, 0.29) is 24.0 Å². The van der Waals surface area contributed by atoms with Gasteiger partial charge >= 0.3 is 0 Å². The molecule has 0 aliphatic heterocycles. The molecule has 0 spiro atoms. The van der Waals surface area contributed by atoms with Crippen molar-refractivity contribution in [3.05, 3.63) is 59.1 Å². The Morgan fingerprint density at radius 1 is 0.952 bits per heavy atom. The van der Waals surface area contributed by atoms with E-state index in [0.717, 1.165) is 10.5 Å². The van der Waals surface area contributed by atoms with Crippen LogP contribution in [0.1, 0.15) is 10.6 Å². The molecule has 0 bridgehead atoms. The fourth-order valence-corrected chi connectivity index (χ4v) is 2.88. The van der Waals surface area contributed by atoms with Crippen molar-refractivity contribution in [2.24, 2.45) is 0 Å². The summed E-state index contributed by atoms with van der Waals surface area (Å²) in [7, 11) is 4.10. The molecule has 3 rings (SSSR count). The molecule has 0 aliphatic carbocycles. The monoisotopic (exact) mass is 408 g/mol. The van der Waals surface area contributed by atoms with Crippen molar-refractivity contribution in [2.75, 3.05) is 19.0 Å². The summed E-state index contributed by atoms with van der Waals surface area (Å²) in [6.07, 6.45) is 4.19. The van der Waals surface area contributed by atoms with Gasteiger partial charge in [0.15, 0.2) is 0 Å². The number of aromatic nitrogens is 1. The molecular weight excluding hydrogens is 391 g/mol. The highest BCUT2D eigenvalue weighted by molar-refractivity contribution is 14.0. The van der Waals surface area contributed by atoms with Crippen LogP contribution >= 0.6 is 35.3 Å². The van der Waals surface area contributed by atoms with Crippen molar-refractivity contribution >= 4 is 63.4 Å². The van der Waals surface area contributed by atoms with Crippen molar-refractivity contribution in [2.45, 2.75) is 0 Å². The van der Waals surface area contributed by atoms with Gasteiger partial charge < -0.3 is 4.90 Å². The van der Waals surface area contributed by atoms with Gasteiger partial charge in [-0.15, -0.1) is 35.3 Å². The summed E-state index contributed by atoms with van der Waals surface area (Å²) in [5.41, 5.74) is 3.47. The number of fused-ring (bicyclic) bond motifs is 1. The number of hydrogen-bond donors (Lipinski definition) is 0. The molecule has 2 nitrogen and oxygen atoms in total. The molecule has 2 aromatic carbocycles.